The zero-order chi connectivity index (χ0) is 12.8. The number of hydrogen-bond acceptors (Lipinski definition) is 3. The van der Waals surface area contributed by atoms with Crippen LogP contribution in [0.3, 0.4) is 0 Å². The summed E-state index contributed by atoms with van der Waals surface area (Å²) in [6, 6.07) is -0.0807. The number of rotatable bonds is 7. The van der Waals surface area contributed by atoms with Crippen molar-refractivity contribution in [3.63, 3.8) is 0 Å². The van der Waals surface area contributed by atoms with Gasteiger partial charge in [0.15, 0.2) is 0 Å². The molecule has 0 spiro atoms. The van der Waals surface area contributed by atoms with Crippen LogP contribution < -0.4 is 0 Å². The van der Waals surface area contributed by atoms with Crippen molar-refractivity contribution in [3.8, 4) is 0 Å². The van der Waals surface area contributed by atoms with Gasteiger partial charge in [0.2, 0.25) is 0 Å². The van der Waals surface area contributed by atoms with Gasteiger partial charge in [-0.25, -0.2) is 0 Å². The highest BCUT2D eigenvalue weighted by Crippen LogP contribution is 2.23. The van der Waals surface area contributed by atoms with Crippen LogP contribution in [0.4, 0.5) is 0 Å². The van der Waals surface area contributed by atoms with Crippen LogP contribution in [0, 0.1) is 0 Å². The maximum absolute atomic E-state index is 10.9. The van der Waals surface area contributed by atoms with Gasteiger partial charge in [0.1, 0.15) is 0 Å². The van der Waals surface area contributed by atoms with Crippen molar-refractivity contribution >= 4 is 5.97 Å². The van der Waals surface area contributed by atoms with Gasteiger partial charge >= 0.3 is 5.97 Å². The van der Waals surface area contributed by atoms with Gasteiger partial charge in [0.25, 0.3) is 0 Å². The standard InChI is InChI=1S/C12H21N3O2/c1-4-14(5-2)11(7-12(16)17)10-8-13-15(6-3)9-10/h8-9,11H,4-7H2,1-3H3,(H,16,17). The van der Waals surface area contributed by atoms with Crippen molar-refractivity contribution in [1.82, 2.24) is 14.7 Å². The van der Waals surface area contributed by atoms with Gasteiger partial charge in [-0.1, -0.05) is 13.8 Å². The monoisotopic (exact) mass is 239 g/mol. The Balaban J connectivity index is 2.91. The van der Waals surface area contributed by atoms with Crippen LogP contribution in [0.1, 0.15) is 38.8 Å². The molecule has 1 aromatic heterocycles. The number of nitrogens with zero attached hydrogens (tertiary/aromatic N) is 3. The third kappa shape index (κ3) is 3.56. The Morgan fingerprint density at radius 3 is 2.53 bits per heavy atom. The van der Waals surface area contributed by atoms with Crippen molar-refractivity contribution < 1.29 is 9.90 Å². The Bertz CT molecular complexity index is 358. The Labute approximate surface area is 102 Å². The highest BCUT2D eigenvalue weighted by molar-refractivity contribution is 5.67. The lowest BCUT2D eigenvalue weighted by Gasteiger charge is -2.27. The SMILES string of the molecule is CCN(CC)C(CC(=O)O)c1cnn(CC)c1. The molecule has 96 valence electrons. The number of aromatic nitrogens is 2. The van der Waals surface area contributed by atoms with Gasteiger partial charge in [0, 0.05) is 24.3 Å². The Morgan fingerprint density at radius 2 is 2.12 bits per heavy atom. The average Bonchev–Trinajstić information content (AvgIpc) is 2.77. The van der Waals surface area contributed by atoms with E-state index in [9.17, 15) is 4.79 Å². The molecule has 1 rings (SSSR count). The summed E-state index contributed by atoms with van der Waals surface area (Å²) in [6.07, 6.45) is 3.83. The van der Waals surface area contributed by atoms with Crippen LogP contribution in [0.5, 0.6) is 0 Å². The smallest absolute Gasteiger partial charge is 0.305 e. The summed E-state index contributed by atoms with van der Waals surface area (Å²) in [5.74, 6) is -0.772. The third-order valence-electron chi connectivity index (χ3n) is 2.98. The molecule has 17 heavy (non-hydrogen) atoms. The van der Waals surface area contributed by atoms with Crippen molar-refractivity contribution in [2.24, 2.45) is 0 Å². The summed E-state index contributed by atoms with van der Waals surface area (Å²) in [5.41, 5.74) is 0.984. The molecule has 1 atom stereocenters. The summed E-state index contributed by atoms with van der Waals surface area (Å²) in [4.78, 5) is 13.1. The molecular formula is C12H21N3O2. The summed E-state index contributed by atoms with van der Waals surface area (Å²) in [6.45, 7) is 8.58. The molecule has 0 aliphatic rings. The number of carbonyl (C=O) groups is 1. The Hall–Kier alpha value is -1.36. The van der Waals surface area contributed by atoms with Crippen LogP contribution in [-0.2, 0) is 11.3 Å². The predicted molar refractivity (Wildman–Crippen MR) is 65.8 cm³/mol. The average molecular weight is 239 g/mol. The van der Waals surface area contributed by atoms with Crippen LogP contribution in [0.25, 0.3) is 0 Å². The van der Waals surface area contributed by atoms with Gasteiger partial charge in [0.05, 0.1) is 12.6 Å². The molecule has 0 amide bonds. The maximum Gasteiger partial charge on any atom is 0.305 e. The van der Waals surface area contributed by atoms with E-state index < -0.39 is 5.97 Å². The van der Waals surface area contributed by atoms with Crippen LogP contribution in [0.2, 0.25) is 0 Å². The first-order chi connectivity index (χ1) is 8.12. The molecule has 1 heterocycles. The minimum absolute atomic E-state index is 0.0807. The van der Waals surface area contributed by atoms with Crippen molar-refractivity contribution in [2.45, 2.75) is 39.8 Å². The van der Waals surface area contributed by atoms with Crippen molar-refractivity contribution in [3.05, 3.63) is 18.0 Å². The largest absolute Gasteiger partial charge is 0.481 e. The molecule has 0 aromatic carbocycles. The second-order valence-electron chi connectivity index (χ2n) is 3.96. The van der Waals surface area contributed by atoms with E-state index >= 15 is 0 Å². The van der Waals surface area contributed by atoms with Crippen LogP contribution in [0.15, 0.2) is 12.4 Å². The number of aryl methyl sites for hydroxylation is 1. The Kier molecular flexibility index (Phi) is 5.15. The molecule has 0 saturated carbocycles. The van der Waals surface area contributed by atoms with Crippen LogP contribution in [-0.4, -0.2) is 38.8 Å². The Morgan fingerprint density at radius 1 is 1.47 bits per heavy atom. The van der Waals surface area contributed by atoms with Crippen LogP contribution >= 0.6 is 0 Å². The lowest BCUT2D eigenvalue weighted by atomic mass is 10.1. The lowest BCUT2D eigenvalue weighted by molar-refractivity contribution is -0.138. The van der Waals surface area contributed by atoms with Gasteiger partial charge < -0.3 is 5.11 Å². The fourth-order valence-corrected chi connectivity index (χ4v) is 2.01. The predicted octanol–water partition coefficient (Wildman–Crippen LogP) is 1.76. The lowest BCUT2D eigenvalue weighted by Crippen LogP contribution is -2.30. The molecule has 1 aromatic rings. The van der Waals surface area contributed by atoms with Crippen molar-refractivity contribution in [2.75, 3.05) is 13.1 Å². The first kappa shape index (κ1) is 13.7. The number of carboxylic acid groups (broad SMARTS) is 1. The van der Waals surface area contributed by atoms with Gasteiger partial charge in [-0.3, -0.25) is 14.4 Å². The summed E-state index contributed by atoms with van der Waals surface area (Å²) >= 11 is 0. The quantitative estimate of drug-likeness (QED) is 0.787. The fraction of sp³-hybridized carbons (Fsp3) is 0.667. The van der Waals surface area contributed by atoms with E-state index in [0.717, 1.165) is 25.2 Å². The normalized spacial score (nSPS) is 12.9. The summed E-state index contributed by atoms with van der Waals surface area (Å²) in [7, 11) is 0. The molecule has 1 unspecified atom stereocenters. The molecule has 0 radical (unpaired) electrons. The minimum atomic E-state index is -0.772. The molecule has 0 aliphatic carbocycles. The van der Waals surface area contributed by atoms with Gasteiger partial charge in [-0.05, 0) is 20.0 Å². The molecule has 0 saturated heterocycles. The van der Waals surface area contributed by atoms with E-state index in [1.54, 1.807) is 6.20 Å². The number of hydrogen-bond donors (Lipinski definition) is 1. The number of carboxylic acids is 1. The fourth-order valence-electron chi connectivity index (χ4n) is 2.01. The molecule has 0 aliphatic heterocycles. The molecule has 5 heteroatoms. The second-order valence-corrected chi connectivity index (χ2v) is 3.96. The van der Waals surface area contributed by atoms with E-state index in [-0.39, 0.29) is 12.5 Å². The van der Waals surface area contributed by atoms with E-state index in [1.807, 2.05) is 31.6 Å². The molecule has 5 nitrogen and oxygen atoms in total. The van der Waals surface area contributed by atoms with E-state index in [0.29, 0.717) is 0 Å². The maximum atomic E-state index is 10.9. The van der Waals surface area contributed by atoms with Gasteiger partial charge in [-0.2, -0.15) is 5.10 Å². The third-order valence-corrected chi connectivity index (χ3v) is 2.98. The van der Waals surface area contributed by atoms with E-state index in [4.69, 9.17) is 5.11 Å². The first-order valence-corrected chi connectivity index (χ1v) is 6.10. The molecule has 1 N–H and O–H groups in total. The van der Waals surface area contributed by atoms with Crippen molar-refractivity contribution in [1.29, 1.82) is 0 Å². The molecule has 0 fully saturated rings. The van der Waals surface area contributed by atoms with Gasteiger partial charge in [-0.15, -0.1) is 0 Å². The summed E-state index contributed by atoms with van der Waals surface area (Å²) < 4.78 is 1.83. The van der Waals surface area contributed by atoms with E-state index in [1.165, 1.54) is 0 Å². The molecular weight excluding hydrogens is 218 g/mol. The zero-order valence-electron chi connectivity index (χ0n) is 10.8. The first-order valence-electron chi connectivity index (χ1n) is 6.10. The highest BCUT2D eigenvalue weighted by Gasteiger charge is 2.22. The molecule has 0 bridgehead atoms. The minimum Gasteiger partial charge on any atom is -0.481 e. The summed E-state index contributed by atoms with van der Waals surface area (Å²) in [5, 5.41) is 13.2. The highest BCUT2D eigenvalue weighted by atomic mass is 16.4. The second kappa shape index (κ2) is 6.39. The zero-order valence-corrected chi connectivity index (χ0v) is 10.8. The topological polar surface area (TPSA) is 58.4 Å². The number of aliphatic carboxylic acids is 1. The van der Waals surface area contributed by atoms with E-state index in [2.05, 4.69) is 10.00 Å².